The lowest BCUT2D eigenvalue weighted by Gasteiger charge is -2.06. The summed E-state index contributed by atoms with van der Waals surface area (Å²) in [5.74, 6) is -0.178. The molecule has 4 nitrogen and oxygen atoms in total. The first-order valence-electron chi connectivity index (χ1n) is 4.95. The Bertz CT molecular complexity index is 589. The van der Waals surface area contributed by atoms with Crippen molar-refractivity contribution >= 4 is 11.6 Å². The maximum atomic E-state index is 13.5. The molecule has 1 N–H and O–H groups in total. The highest BCUT2D eigenvalue weighted by atomic mass is 19.1. The number of rotatable bonds is 2. The molecule has 0 saturated heterocycles. The van der Waals surface area contributed by atoms with E-state index in [1.807, 2.05) is 6.07 Å². The van der Waals surface area contributed by atoms with Gasteiger partial charge in [0.25, 0.3) is 0 Å². The van der Waals surface area contributed by atoms with Gasteiger partial charge in [0, 0.05) is 6.20 Å². The molecule has 0 fully saturated rings. The summed E-state index contributed by atoms with van der Waals surface area (Å²) in [6.07, 6.45) is 1.44. The van der Waals surface area contributed by atoms with Crippen LogP contribution in [-0.2, 0) is 0 Å². The maximum Gasteiger partial charge on any atom is 0.228 e. The number of anilines is 2. The second-order valence-corrected chi connectivity index (χ2v) is 3.49. The van der Waals surface area contributed by atoms with E-state index in [0.717, 1.165) is 5.56 Å². The Labute approximate surface area is 97.8 Å². The van der Waals surface area contributed by atoms with Crippen molar-refractivity contribution in [3.05, 3.63) is 47.5 Å². The standard InChI is InChI=1S/C12H9FN4/c1-8-2-3-11(10(13)6-8)17-12-15-5-4-9(7-14)16-12/h2-6H,1H3,(H,15,16,17). The van der Waals surface area contributed by atoms with Crippen LogP contribution < -0.4 is 5.32 Å². The molecule has 0 amide bonds. The van der Waals surface area contributed by atoms with E-state index < -0.39 is 0 Å². The topological polar surface area (TPSA) is 61.6 Å². The van der Waals surface area contributed by atoms with Crippen LogP contribution >= 0.6 is 0 Å². The smallest absolute Gasteiger partial charge is 0.228 e. The lowest BCUT2D eigenvalue weighted by atomic mass is 10.2. The first-order chi connectivity index (χ1) is 8.19. The SMILES string of the molecule is Cc1ccc(Nc2nccc(C#N)n2)c(F)c1. The Morgan fingerprint density at radius 2 is 2.18 bits per heavy atom. The Morgan fingerprint density at radius 1 is 1.35 bits per heavy atom. The van der Waals surface area contributed by atoms with Gasteiger partial charge in [-0.25, -0.2) is 14.4 Å². The fraction of sp³-hybridized carbons (Fsp3) is 0.0833. The monoisotopic (exact) mass is 228 g/mol. The van der Waals surface area contributed by atoms with Crippen LogP contribution in [0.1, 0.15) is 11.3 Å². The molecule has 0 radical (unpaired) electrons. The minimum atomic E-state index is -0.379. The average Bonchev–Trinajstić information content (AvgIpc) is 2.33. The lowest BCUT2D eigenvalue weighted by molar-refractivity contribution is 0.630. The van der Waals surface area contributed by atoms with E-state index in [1.165, 1.54) is 18.3 Å². The van der Waals surface area contributed by atoms with Crippen LogP contribution in [0.5, 0.6) is 0 Å². The van der Waals surface area contributed by atoms with Gasteiger partial charge in [-0.2, -0.15) is 5.26 Å². The molecule has 1 aromatic heterocycles. The molecule has 2 aromatic rings. The summed E-state index contributed by atoms with van der Waals surface area (Å²) in [7, 11) is 0. The number of nitriles is 1. The van der Waals surface area contributed by atoms with Crippen LogP contribution in [0.4, 0.5) is 16.0 Å². The normalized spacial score (nSPS) is 9.71. The van der Waals surface area contributed by atoms with Crippen molar-refractivity contribution in [2.24, 2.45) is 0 Å². The second-order valence-electron chi connectivity index (χ2n) is 3.49. The fourth-order valence-corrected chi connectivity index (χ4v) is 1.32. The molecule has 0 bridgehead atoms. The van der Waals surface area contributed by atoms with Gasteiger partial charge >= 0.3 is 0 Å². The van der Waals surface area contributed by atoms with Gasteiger partial charge in [-0.05, 0) is 30.7 Å². The molecule has 0 spiro atoms. The number of nitrogens with one attached hydrogen (secondary N) is 1. The van der Waals surface area contributed by atoms with Gasteiger partial charge in [-0.1, -0.05) is 6.07 Å². The molecular weight excluding hydrogens is 219 g/mol. The molecule has 0 unspecified atom stereocenters. The molecule has 0 aliphatic carbocycles. The van der Waals surface area contributed by atoms with Crippen molar-refractivity contribution in [3.63, 3.8) is 0 Å². The third-order valence-electron chi connectivity index (χ3n) is 2.14. The number of benzene rings is 1. The zero-order valence-corrected chi connectivity index (χ0v) is 9.11. The maximum absolute atomic E-state index is 13.5. The van der Waals surface area contributed by atoms with Gasteiger partial charge in [0.05, 0.1) is 5.69 Å². The van der Waals surface area contributed by atoms with Gasteiger partial charge < -0.3 is 5.32 Å². The summed E-state index contributed by atoms with van der Waals surface area (Å²) >= 11 is 0. The predicted molar refractivity (Wildman–Crippen MR) is 61.2 cm³/mol. The van der Waals surface area contributed by atoms with Crippen LogP contribution in [0.3, 0.4) is 0 Å². The Balaban J connectivity index is 2.28. The van der Waals surface area contributed by atoms with Gasteiger partial charge in [0.15, 0.2) is 0 Å². The fourth-order valence-electron chi connectivity index (χ4n) is 1.32. The van der Waals surface area contributed by atoms with E-state index in [-0.39, 0.29) is 23.1 Å². The third-order valence-corrected chi connectivity index (χ3v) is 2.14. The van der Waals surface area contributed by atoms with E-state index in [4.69, 9.17) is 5.26 Å². The zero-order chi connectivity index (χ0) is 12.3. The summed E-state index contributed by atoms with van der Waals surface area (Å²) in [5.41, 5.74) is 1.35. The molecule has 0 atom stereocenters. The molecular formula is C12H9FN4. The Hall–Kier alpha value is -2.48. The van der Waals surface area contributed by atoms with E-state index in [2.05, 4.69) is 15.3 Å². The number of aromatic nitrogens is 2. The van der Waals surface area contributed by atoms with Crippen LogP contribution in [0, 0.1) is 24.1 Å². The highest BCUT2D eigenvalue weighted by Gasteiger charge is 2.04. The third kappa shape index (κ3) is 2.55. The van der Waals surface area contributed by atoms with Crippen LogP contribution in [-0.4, -0.2) is 9.97 Å². The molecule has 2 rings (SSSR count). The van der Waals surface area contributed by atoms with Crippen molar-refractivity contribution in [2.45, 2.75) is 6.92 Å². The van der Waals surface area contributed by atoms with E-state index in [0.29, 0.717) is 0 Å². The zero-order valence-electron chi connectivity index (χ0n) is 9.11. The number of halogens is 1. The number of nitrogens with zero attached hydrogens (tertiary/aromatic N) is 3. The van der Waals surface area contributed by atoms with Crippen molar-refractivity contribution < 1.29 is 4.39 Å². The van der Waals surface area contributed by atoms with Crippen molar-refractivity contribution in [1.29, 1.82) is 5.26 Å². The lowest BCUT2D eigenvalue weighted by Crippen LogP contribution is -2.00. The summed E-state index contributed by atoms with van der Waals surface area (Å²) in [6, 6.07) is 8.17. The van der Waals surface area contributed by atoms with Crippen LogP contribution in [0.2, 0.25) is 0 Å². The van der Waals surface area contributed by atoms with Crippen LogP contribution in [0.25, 0.3) is 0 Å². The molecule has 0 aliphatic rings. The average molecular weight is 228 g/mol. The van der Waals surface area contributed by atoms with Crippen molar-refractivity contribution in [3.8, 4) is 6.07 Å². The minimum absolute atomic E-state index is 0.201. The quantitative estimate of drug-likeness (QED) is 0.857. The molecule has 0 aliphatic heterocycles. The highest BCUT2D eigenvalue weighted by Crippen LogP contribution is 2.18. The summed E-state index contributed by atoms with van der Waals surface area (Å²) < 4.78 is 13.5. The summed E-state index contributed by atoms with van der Waals surface area (Å²) in [4.78, 5) is 7.81. The van der Waals surface area contributed by atoms with E-state index in [1.54, 1.807) is 19.1 Å². The largest absolute Gasteiger partial charge is 0.322 e. The summed E-state index contributed by atoms with van der Waals surface area (Å²) in [6.45, 7) is 1.81. The highest BCUT2D eigenvalue weighted by molar-refractivity contribution is 5.54. The molecule has 17 heavy (non-hydrogen) atoms. The first kappa shape index (κ1) is 11.0. The Kier molecular flexibility index (Phi) is 2.97. The summed E-state index contributed by atoms with van der Waals surface area (Å²) in [5, 5.41) is 11.4. The van der Waals surface area contributed by atoms with Crippen LogP contribution in [0.15, 0.2) is 30.5 Å². The number of hydrogen-bond acceptors (Lipinski definition) is 4. The second kappa shape index (κ2) is 4.58. The predicted octanol–water partition coefficient (Wildman–Crippen LogP) is 2.54. The van der Waals surface area contributed by atoms with E-state index in [9.17, 15) is 4.39 Å². The Morgan fingerprint density at radius 3 is 2.88 bits per heavy atom. The van der Waals surface area contributed by atoms with Gasteiger partial charge in [-0.15, -0.1) is 0 Å². The molecule has 1 aromatic carbocycles. The molecule has 5 heteroatoms. The first-order valence-corrected chi connectivity index (χ1v) is 4.95. The molecule has 1 heterocycles. The van der Waals surface area contributed by atoms with Crippen molar-refractivity contribution in [2.75, 3.05) is 5.32 Å². The van der Waals surface area contributed by atoms with Gasteiger partial charge in [0.1, 0.15) is 17.6 Å². The van der Waals surface area contributed by atoms with Gasteiger partial charge in [-0.3, -0.25) is 0 Å². The number of hydrogen-bond donors (Lipinski definition) is 1. The van der Waals surface area contributed by atoms with Crippen molar-refractivity contribution in [1.82, 2.24) is 9.97 Å². The molecule has 0 saturated carbocycles. The van der Waals surface area contributed by atoms with Gasteiger partial charge in [0.2, 0.25) is 5.95 Å². The minimum Gasteiger partial charge on any atom is -0.322 e. The van der Waals surface area contributed by atoms with E-state index >= 15 is 0 Å². The molecule has 84 valence electrons. The number of aryl methyl sites for hydroxylation is 1.